The van der Waals surface area contributed by atoms with Crippen LogP contribution in [-0.2, 0) is 4.79 Å². The molecule has 1 heterocycles. The Bertz CT molecular complexity index is 1360. The molecule has 1 atom stereocenters. The summed E-state index contributed by atoms with van der Waals surface area (Å²) in [5.74, 6) is -0.432. The van der Waals surface area contributed by atoms with Gasteiger partial charge in [-0.3, -0.25) is 14.2 Å². The third-order valence-corrected chi connectivity index (χ3v) is 5.91. The molecule has 0 fully saturated rings. The van der Waals surface area contributed by atoms with Crippen molar-refractivity contribution in [3.05, 3.63) is 89.0 Å². The smallest absolute Gasteiger partial charge is 0.266 e. The molecule has 0 saturated heterocycles. The number of anilines is 1. The second-order valence-corrected chi connectivity index (χ2v) is 8.26. The maximum Gasteiger partial charge on any atom is 0.266 e. The molecule has 162 valence electrons. The summed E-state index contributed by atoms with van der Waals surface area (Å²) in [5.41, 5.74) is 0.859. The van der Waals surface area contributed by atoms with Crippen molar-refractivity contribution in [2.45, 2.75) is 17.3 Å². The van der Waals surface area contributed by atoms with Crippen LogP contribution in [-0.4, -0.2) is 27.8 Å². The van der Waals surface area contributed by atoms with Gasteiger partial charge in [0, 0.05) is 0 Å². The summed E-state index contributed by atoms with van der Waals surface area (Å²) >= 11 is 1.11. The van der Waals surface area contributed by atoms with Gasteiger partial charge in [-0.1, -0.05) is 48.2 Å². The molecule has 4 aromatic rings. The zero-order valence-electron chi connectivity index (χ0n) is 17.4. The van der Waals surface area contributed by atoms with Crippen LogP contribution in [0.2, 0.25) is 0 Å². The van der Waals surface area contributed by atoms with Crippen LogP contribution in [0.3, 0.4) is 0 Å². The highest BCUT2D eigenvalue weighted by molar-refractivity contribution is 8.00. The van der Waals surface area contributed by atoms with Crippen molar-refractivity contribution in [3.8, 4) is 11.4 Å². The second kappa shape index (κ2) is 9.23. The number of fused-ring (bicyclic) bond motifs is 1. The molecule has 32 heavy (non-hydrogen) atoms. The molecule has 0 bridgehead atoms. The molecule has 1 unspecified atom stereocenters. The molecule has 0 aliphatic heterocycles. The number of nitrogens with one attached hydrogen (secondary N) is 1. The number of halogens is 1. The molecule has 6 nitrogen and oxygen atoms in total. The van der Waals surface area contributed by atoms with E-state index in [0.717, 1.165) is 11.8 Å². The second-order valence-electron chi connectivity index (χ2n) is 6.95. The molecule has 0 aliphatic rings. The third-order valence-electron chi connectivity index (χ3n) is 4.85. The Morgan fingerprint density at radius 3 is 2.53 bits per heavy atom. The zero-order valence-corrected chi connectivity index (χ0v) is 18.2. The number of carbonyl (C=O) groups excluding carboxylic acids is 1. The normalized spacial score (nSPS) is 11.8. The lowest BCUT2D eigenvalue weighted by Gasteiger charge is -2.18. The summed E-state index contributed by atoms with van der Waals surface area (Å²) in [7, 11) is 1.52. The van der Waals surface area contributed by atoms with Gasteiger partial charge >= 0.3 is 0 Å². The van der Waals surface area contributed by atoms with Crippen molar-refractivity contribution >= 4 is 34.3 Å². The number of rotatable bonds is 6. The molecule has 0 saturated carbocycles. The summed E-state index contributed by atoms with van der Waals surface area (Å²) in [4.78, 5) is 30.8. The predicted molar refractivity (Wildman–Crippen MR) is 124 cm³/mol. The summed E-state index contributed by atoms with van der Waals surface area (Å²) in [6, 6.07) is 20.1. The minimum atomic E-state index is -0.663. The number of carbonyl (C=O) groups is 1. The van der Waals surface area contributed by atoms with Crippen LogP contribution in [0.4, 0.5) is 10.1 Å². The number of hydrogen-bond acceptors (Lipinski definition) is 5. The highest BCUT2D eigenvalue weighted by Gasteiger charge is 2.22. The molecule has 8 heteroatoms. The number of methoxy groups -OCH3 is 1. The van der Waals surface area contributed by atoms with E-state index in [2.05, 4.69) is 10.3 Å². The van der Waals surface area contributed by atoms with E-state index >= 15 is 0 Å². The largest absolute Gasteiger partial charge is 0.495 e. The molecule has 1 aromatic heterocycles. The molecule has 0 radical (unpaired) electrons. The van der Waals surface area contributed by atoms with Crippen molar-refractivity contribution in [3.63, 3.8) is 0 Å². The first-order valence-electron chi connectivity index (χ1n) is 9.87. The zero-order chi connectivity index (χ0) is 22.7. The number of amides is 1. The van der Waals surface area contributed by atoms with Gasteiger partial charge in [0.2, 0.25) is 5.91 Å². The van der Waals surface area contributed by atoms with Gasteiger partial charge < -0.3 is 10.1 Å². The third kappa shape index (κ3) is 4.22. The van der Waals surface area contributed by atoms with Gasteiger partial charge in [0.1, 0.15) is 11.6 Å². The lowest BCUT2D eigenvalue weighted by molar-refractivity contribution is -0.115. The van der Waals surface area contributed by atoms with Crippen molar-refractivity contribution < 1.29 is 13.9 Å². The summed E-state index contributed by atoms with van der Waals surface area (Å²) in [6.07, 6.45) is 0. The van der Waals surface area contributed by atoms with Crippen LogP contribution in [0.25, 0.3) is 16.6 Å². The van der Waals surface area contributed by atoms with Crippen LogP contribution in [0.15, 0.2) is 82.7 Å². The fourth-order valence-corrected chi connectivity index (χ4v) is 4.15. The Morgan fingerprint density at radius 2 is 1.75 bits per heavy atom. The van der Waals surface area contributed by atoms with E-state index in [-0.39, 0.29) is 11.2 Å². The summed E-state index contributed by atoms with van der Waals surface area (Å²) in [6.45, 7) is 1.68. The van der Waals surface area contributed by atoms with E-state index in [9.17, 15) is 14.0 Å². The Hall–Kier alpha value is -3.65. The van der Waals surface area contributed by atoms with E-state index < -0.39 is 17.0 Å². The molecular formula is C24H20FN3O3S. The van der Waals surface area contributed by atoms with Crippen LogP contribution in [0.5, 0.6) is 5.75 Å². The SMILES string of the molecule is COc1ccccc1-n1c(SC(C)C(=O)Nc2ccccc2F)nc2ccccc2c1=O. The van der Waals surface area contributed by atoms with Gasteiger partial charge in [-0.25, -0.2) is 9.37 Å². The maximum absolute atomic E-state index is 13.9. The molecule has 3 aromatic carbocycles. The van der Waals surface area contributed by atoms with Crippen molar-refractivity contribution in [1.29, 1.82) is 0 Å². The number of ether oxygens (including phenoxy) is 1. The number of thioether (sulfide) groups is 1. The lowest BCUT2D eigenvalue weighted by atomic mass is 10.2. The van der Waals surface area contributed by atoms with Gasteiger partial charge in [0.15, 0.2) is 5.16 Å². The van der Waals surface area contributed by atoms with Gasteiger partial charge in [-0.2, -0.15) is 0 Å². The van der Waals surface area contributed by atoms with Gasteiger partial charge in [-0.15, -0.1) is 0 Å². The monoisotopic (exact) mass is 449 g/mol. The summed E-state index contributed by atoms with van der Waals surface area (Å²) < 4.78 is 20.8. The first-order chi connectivity index (χ1) is 15.5. The topological polar surface area (TPSA) is 73.2 Å². The molecular weight excluding hydrogens is 429 g/mol. The van der Waals surface area contributed by atoms with Crippen LogP contribution < -0.4 is 15.6 Å². The standard InChI is InChI=1S/C24H20FN3O3S/c1-15(22(29)26-19-12-6-4-10-17(19)25)32-24-27-18-11-5-3-9-16(18)23(30)28(24)20-13-7-8-14-21(20)31-2/h3-15H,1-2H3,(H,26,29). The highest BCUT2D eigenvalue weighted by atomic mass is 32.2. The van der Waals surface area contributed by atoms with E-state index in [1.807, 2.05) is 0 Å². The molecule has 0 spiro atoms. The van der Waals surface area contributed by atoms with Crippen molar-refractivity contribution in [2.24, 2.45) is 0 Å². The van der Waals surface area contributed by atoms with E-state index in [1.165, 1.54) is 23.8 Å². The average molecular weight is 450 g/mol. The molecule has 1 amide bonds. The van der Waals surface area contributed by atoms with Crippen LogP contribution in [0, 0.1) is 5.82 Å². The fourth-order valence-electron chi connectivity index (χ4n) is 3.23. The summed E-state index contributed by atoms with van der Waals surface area (Å²) in [5, 5.41) is 2.70. The minimum Gasteiger partial charge on any atom is -0.495 e. The number of hydrogen-bond donors (Lipinski definition) is 1. The van der Waals surface area contributed by atoms with Gasteiger partial charge in [0.05, 0.1) is 34.6 Å². The van der Waals surface area contributed by atoms with Gasteiger partial charge in [0.25, 0.3) is 5.56 Å². The Labute approximate surface area is 188 Å². The van der Waals surface area contributed by atoms with Crippen molar-refractivity contribution in [1.82, 2.24) is 9.55 Å². The lowest BCUT2D eigenvalue weighted by Crippen LogP contribution is -2.26. The van der Waals surface area contributed by atoms with E-state index in [0.29, 0.717) is 27.5 Å². The molecule has 1 N–H and O–H groups in total. The number of para-hydroxylation sites is 4. The molecule has 4 rings (SSSR count). The Kier molecular flexibility index (Phi) is 6.23. The Balaban J connectivity index is 1.77. The fraction of sp³-hybridized carbons (Fsp3) is 0.125. The van der Waals surface area contributed by atoms with Crippen LogP contribution >= 0.6 is 11.8 Å². The van der Waals surface area contributed by atoms with Gasteiger partial charge in [-0.05, 0) is 43.3 Å². The first kappa shape index (κ1) is 21.6. The van der Waals surface area contributed by atoms with E-state index in [4.69, 9.17) is 4.74 Å². The number of benzene rings is 3. The Morgan fingerprint density at radius 1 is 1.06 bits per heavy atom. The minimum absolute atomic E-state index is 0.0959. The first-order valence-corrected chi connectivity index (χ1v) is 10.7. The molecule has 0 aliphatic carbocycles. The number of nitrogens with zero attached hydrogens (tertiary/aromatic N) is 2. The van der Waals surface area contributed by atoms with Crippen LogP contribution in [0.1, 0.15) is 6.92 Å². The maximum atomic E-state index is 13.9. The average Bonchev–Trinajstić information content (AvgIpc) is 2.81. The van der Waals surface area contributed by atoms with E-state index in [1.54, 1.807) is 67.6 Å². The quantitative estimate of drug-likeness (QED) is 0.343. The highest BCUT2D eigenvalue weighted by Crippen LogP contribution is 2.29. The van der Waals surface area contributed by atoms with Crippen molar-refractivity contribution in [2.75, 3.05) is 12.4 Å². The number of aromatic nitrogens is 2. The predicted octanol–water partition coefficient (Wildman–Crippen LogP) is 4.65.